The predicted octanol–water partition coefficient (Wildman–Crippen LogP) is 1.88. The normalized spacial score (nSPS) is 16.2. The number of rotatable bonds is 6. The number of halogens is 1. The number of hydrogen-bond acceptors (Lipinski definition) is 4. The molecular formula is C15H22BrN3O2. The van der Waals surface area contributed by atoms with Crippen LogP contribution in [0.25, 0.3) is 0 Å². The summed E-state index contributed by atoms with van der Waals surface area (Å²) in [7, 11) is 0. The number of nitrogens with zero attached hydrogens (tertiary/aromatic N) is 1. The Morgan fingerprint density at radius 1 is 1.38 bits per heavy atom. The summed E-state index contributed by atoms with van der Waals surface area (Å²) in [6.07, 6.45) is 3.26. The van der Waals surface area contributed by atoms with Crippen LogP contribution in [0.4, 0.5) is 5.69 Å². The molecule has 4 N–H and O–H groups in total. The van der Waals surface area contributed by atoms with Gasteiger partial charge in [0.2, 0.25) is 5.91 Å². The van der Waals surface area contributed by atoms with Gasteiger partial charge in [-0.3, -0.25) is 4.79 Å². The van der Waals surface area contributed by atoms with Gasteiger partial charge in [-0.1, -0.05) is 0 Å². The van der Waals surface area contributed by atoms with Gasteiger partial charge in [0.15, 0.2) is 0 Å². The summed E-state index contributed by atoms with van der Waals surface area (Å²) in [6.45, 7) is 3.32. The van der Waals surface area contributed by atoms with Crippen LogP contribution in [0, 0.1) is 0 Å². The lowest BCUT2D eigenvalue weighted by Crippen LogP contribution is -2.37. The quantitative estimate of drug-likeness (QED) is 0.763. The average Bonchev–Trinajstić information content (AvgIpc) is 2.48. The van der Waals surface area contributed by atoms with Gasteiger partial charge in [-0.15, -0.1) is 0 Å². The van der Waals surface area contributed by atoms with Crippen LogP contribution in [0.3, 0.4) is 0 Å². The van der Waals surface area contributed by atoms with E-state index in [9.17, 15) is 4.79 Å². The summed E-state index contributed by atoms with van der Waals surface area (Å²) in [5, 5.41) is 0. The van der Waals surface area contributed by atoms with Crippen molar-refractivity contribution in [3.63, 3.8) is 0 Å². The Bertz CT molecular complexity index is 488. The van der Waals surface area contributed by atoms with Crippen molar-refractivity contribution >= 4 is 27.5 Å². The minimum absolute atomic E-state index is 0.330. The maximum atomic E-state index is 11.2. The Hall–Kier alpha value is -1.11. The van der Waals surface area contributed by atoms with E-state index in [4.69, 9.17) is 16.2 Å². The van der Waals surface area contributed by atoms with E-state index in [1.165, 1.54) is 0 Å². The first-order valence-electron chi connectivity index (χ1n) is 7.27. The molecule has 0 bridgehead atoms. The third-order valence-corrected chi connectivity index (χ3v) is 4.35. The number of nitrogens with two attached hydrogens (primary N) is 2. The molecule has 1 amide bonds. The molecule has 0 radical (unpaired) electrons. The summed E-state index contributed by atoms with van der Waals surface area (Å²) in [5.41, 5.74) is 12.4. The lowest BCUT2D eigenvalue weighted by molar-refractivity contribution is 0.0366. The van der Waals surface area contributed by atoms with E-state index in [2.05, 4.69) is 20.8 Å². The fraction of sp³-hybridized carbons (Fsp3) is 0.533. The maximum Gasteiger partial charge on any atom is 0.248 e. The fourth-order valence-electron chi connectivity index (χ4n) is 2.51. The molecular weight excluding hydrogens is 334 g/mol. The van der Waals surface area contributed by atoms with Gasteiger partial charge in [0, 0.05) is 29.7 Å². The van der Waals surface area contributed by atoms with E-state index >= 15 is 0 Å². The average molecular weight is 356 g/mol. The number of primary amides is 1. The molecule has 1 saturated heterocycles. The molecule has 1 heterocycles. The number of benzene rings is 1. The largest absolute Gasteiger partial charge is 0.378 e. The highest BCUT2D eigenvalue weighted by Gasteiger charge is 2.21. The predicted molar refractivity (Wildman–Crippen MR) is 87.5 cm³/mol. The van der Waals surface area contributed by atoms with Gasteiger partial charge in [-0.2, -0.15) is 0 Å². The molecule has 1 aromatic rings. The second-order valence-corrected chi connectivity index (χ2v) is 6.08. The molecule has 116 valence electrons. The van der Waals surface area contributed by atoms with E-state index in [1.54, 1.807) is 12.1 Å². The van der Waals surface area contributed by atoms with E-state index in [1.807, 2.05) is 6.07 Å². The Kier molecular flexibility index (Phi) is 6.02. The second-order valence-electron chi connectivity index (χ2n) is 5.23. The fourth-order valence-corrected chi connectivity index (χ4v) is 3.14. The van der Waals surface area contributed by atoms with Crippen molar-refractivity contribution < 1.29 is 9.53 Å². The number of carbonyl (C=O) groups excluding carboxylic acids is 1. The molecule has 0 saturated carbocycles. The number of carbonyl (C=O) groups is 1. The van der Waals surface area contributed by atoms with Gasteiger partial charge in [-0.05, 0) is 59.9 Å². The van der Waals surface area contributed by atoms with Crippen molar-refractivity contribution in [3.8, 4) is 0 Å². The van der Waals surface area contributed by atoms with E-state index in [-0.39, 0.29) is 0 Å². The summed E-state index contributed by atoms with van der Waals surface area (Å²) >= 11 is 3.52. The van der Waals surface area contributed by atoms with Crippen LogP contribution in [-0.4, -0.2) is 38.3 Å². The molecule has 0 aromatic heterocycles. The Labute approximate surface area is 133 Å². The molecule has 2 rings (SSSR count). The zero-order valence-electron chi connectivity index (χ0n) is 12.1. The highest BCUT2D eigenvalue weighted by Crippen LogP contribution is 2.30. The van der Waals surface area contributed by atoms with Crippen molar-refractivity contribution in [2.24, 2.45) is 11.5 Å². The van der Waals surface area contributed by atoms with Gasteiger partial charge < -0.3 is 21.1 Å². The number of hydrogen-bond donors (Lipinski definition) is 2. The third kappa shape index (κ3) is 4.43. The van der Waals surface area contributed by atoms with Gasteiger partial charge >= 0.3 is 0 Å². The van der Waals surface area contributed by atoms with Crippen molar-refractivity contribution in [1.82, 2.24) is 0 Å². The van der Waals surface area contributed by atoms with Crippen LogP contribution in [0.5, 0.6) is 0 Å². The minimum atomic E-state index is -0.408. The highest BCUT2D eigenvalue weighted by atomic mass is 79.9. The van der Waals surface area contributed by atoms with Crippen LogP contribution in [0.1, 0.15) is 29.6 Å². The van der Waals surface area contributed by atoms with Gasteiger partial charge in [-0.25, -0.2) is 0 Å². The molecule has 1 aliphatic heterocycles. The Morgan fingerprint density at radius 3 is 2.67 bits per heavy atom. The van der Waals surface area contributed by atoms with Crippen molar-refractivity contribution in [2.45, 2.75) is 25.4 Å². The van der Waals surface area contributed by atoms with Crippen molar-refractivity contribution in [1.29, 1.82) is 0 Å². The molecule has 5 nitrogen and oxygen atoms in total. The van der Waals surface area contributed by atoms with Gasteiger partial charge in [0.25, 0.3) is 0 Å². The molecule has 1 aliphatic rings. The van der Waals surface area contributed by atoms with Crippen molar-refractivity contribution in [3.05, 3.63) is 28.2 Å². The smallest absolute Gasteiger partial charge is 0.248 e. The van der Waals surface area contributed by atoms with E-state index in [0.717, 1.165) is 49.1 Å². The standard InChI is InChI=1S/C15H22BrN3O2/c16-13-10-11(15(18)20)2-3-14(13)19-7-4-12(5-8-19)21-9-1-6-17/h2-3,10,12H,1,4-9,17H2,(H2,18,20). The van der Waals surface area contributed by atoms with Crippen LogP contribution in [0.15, 0.2) is 22.7 Å². The van der Waals surface area contributed by atoms with Gasteiger partial charge in [0.05, 0.1) is 11.8 Å². The SMILES string of the molecule is NCCCOC1CCN(c2ccc(C(N)=O)cc2Br)CC1. The summed E-state index contributed by atoms with van der Waals surface area (Å²) in [4.78, 5) is 13.5. The molecule has 6 heteroatoms. The number of piperidine rings is 1. The minimum Gasteiger partial charge on any atom is -0.378 e. The first-order valence-corrected chi connectivity index (χ1v) is 8.07. The number of amides is 1. The zero-order chi connectivity index (χ0) is 15.2. The first kappa shape index (κ1) is 16.3. The van der Waals surface area contributed by atoms with E-state index in [0.29, 0.717) is 18.2 Å². The summed E-state index contributed by atoms with van der Waals surface area (Å²) in [6, 6.07) is 5.49. The van der Waals surface area contributed by atoms with Crippen LogP contribution in [0.2, 0.25) is 0 Å². The molecule has 0 spiro atoms. The van der Waals surface area contributed by atoms with Crippen LogP contribution in [-0.2, 0) is 4.74 Å². The maximum absolute atomic E-state index is 11.2. The molecule has 1 fully saturated rings. The zero-order valence-corrected chi connectivity index (χ0v) is 13.6. The molecule has 0 unspecified atom stereocenters. The lowest BCUT2D eigenvalue weighted by atomic mass is 10.1. The van der Waals surface area contributed by atoms with Crippen LogP contribution >= 0.6 is 15.9 Å². The van der Waals surface area contributed by atoms with Gasteiger partial charge in [0.1, 0.15) is 0 Å². The lowest BCUT2D eigenvalue weighted by Gasteiger charge is -2.34. The van der Waals surface area contributed by atoms with E-state index < -0.39 is 5.91 Å². The molecule has 21 heavy (non-hydrogen) atoms. The second kappa shape index (κ2) is 7.77. The van der Waals surface area contributed by atoms with Crippen LogP contribution < -0.4 is 16.4 Å². The third-order valence-electron chi connectivity index (χ3n) is 3.72. The molecule has 0 atom stereocenters. The topological polar surface area (TPSA) is 81.6 Å². The first-order chi connectivity index (χ1) is 10.1. The molecule has 0 aliphatic carbocycles. The highest BCUT2D eigenvalue weighted by molar-refractivity contribution is 9.10. The Balaban J connectivity index is 1.91. The number of ether oxygens (including phenoxy) is 1. The summed E-state index contributed by atoms with van der Waals surface area (Å²) in [5.74, 6) is -0.408. The summed E-state index contributed by atoms with van der Waals surface area (Å²) < 4.78 is 6.71. The Morgan fingerprint density at radius 2 is 2.10 bits per heavy atom. The van der Waals surface area contributed by atoms with Crippen molar-refractivity contribution in [2.75, 3.05) is 31.1 Å². The number of anilines is 1. The molecule has 1 aromatic carbocycles. The monoisotopic (exact) mass is 355 g/mol.